The fourth-order valence-corrected chi connectivity index (χ4v) is 2.16. The Morgan fingerprint density at radius 3 is 2.50 bits per heavy atom. The smallest absolute Gasteiger partial charge is 0.123 e. The van der Waals surface area contributed by atoms with Crippen molar-refractivity contribution in [3.05, 3.63) is 35.6 Å². The second-order valence-electron chi connectivity index (χ2n) is 4.72. The molecule has 1 aromatic rings. The van der Waals surface area contributed by atoms with Crippen LogP contribution in [0, 0.1) is 11.7 Å². The van der Waals surface area contributed by atoms with Gasteiger partial charge in [-0.2, -0.15) is 0 Å². The molecule has 0 saturated heterocycles. The molecule has 2 atom stereocenters. The standard InChI is InChI=1S/C15H24FNO/c1-4-17-11-15(12(2)9-10-18-3)13-5-7-14(16)8-6-13/h5-8,12,15,17H,4,9-11H2,1-3H3. The lowest BCUT2D eigenvalue weighted by Crippen LogP contribution is -2.26. The SMILES string of the molecule is CCNCC(c1ccc(F)cc1)C(C)CCOC. The minimum atomic E-state index is -0.175. The summed E-state index contributed by atoms with van der Waals surface area (Å²) in [6.45, 7) is 6.97. The van der Waals surface area contributed by atoms with Gasteiger partial charge in [0.25, 0.3) is 0 Å². The summed E-state index contributed by atoms with van der Waals surface area (Å²) in [7, 11) is 1.73. The van der Waals surface area contributed by atoms with E-state index in [-0.39, 0.29) is 5.82 Å². The Balaban J connectivity index is 2.73. The first-order chi connectivity index (χ1) is 8.69. The van der Waals surface area contributed by atoms with Gasteiger partial charge in [0.1, 0.15) is 5.82 Å². The van der Waals surface area contributed by atoms with E-state index >= 15 is 0 Å². The van der Waals surface area contributed by atoms with Crippen molar-refractivity contribution in [1.82, 2.24) is 5.32 Å². The fraction of sp³-hybridized carbons (Fsp3) is 0.600. The molecule has 18 heavy (non-hydrogen) atoms. The molecular weight excluding hydrogens is 229 g/mol. The lowest BCUT2D eigenvalue weighted by molar-refractivity contribution is 0.174. The van der Waals surface area contributed by atoms with Crippen molar-refractivity contribution in [1.29, 1.82) is 0 Å². The number of nitrogens with one attached hydrogen (secondary N) is 1. The van der Waals surface area contributed by atoms with Crippen molar-refractivity contribution >= 4 is 0 Å². The van der Waals surface area contributed by atoms with Gasteiger partial charge in [0, 0.05) is 20.3 Å². The van der Waals surface area contributed by atoms with Crippen molar-refractivity contribution in [2.24, 2.45) is 5.92 Å². The van der Waals surface area contributed by atoms with E-state index in [1.54, 1.807) is 7.11 Å². The Labute approximate surface area is 110 Å². The maximum absolute atomic E-state index is 13.0. The second-order valence-corrected chi connectivity index (χ2v) is 4.72. The van der Waals surface area contributed by atoms with E-state index in [4.69, 9.17) is 4.74 Å². The molecule has 3 heteroatoms. The molecule has 0 aliphatic heterocycles. The fourth-order valence-electron chi connectivity index (χ4n) is 2.16. The van der Waals surface area contributed by atoms with Gasteiger partial charge in [-0.25, -0.2) is 4.39 Å². The molecule has 102 valence electrons. The van der Waals surface area contributed by atoms with Crippen molar-refractivity contribution in [3.63, 3.8) is 0 Å². The zero-order chi connectivity index (χ0) is 13.4. The molecule has 1 N–H and O–H groups in total. The van der Waals surface area contributed by atoms with Crippen LogP contribution < -0.4 is 5.32 Å². The highest BCUT2D eigenvalue weighted by molar-refractivity contribution is 5.21. The molecule has 1 rings (SSSR count). The molecule has 0 spiro atoms. The lowest BCUT2D eigenvalue weighted by Gasteiger charge is -2.24. The van der Waals surface area contributed by atoms with Crippen molar-refractivity contribution in [3.8, 4) is 0 Å². The van der Waals surface area contributed by atoms with Gasteiger partial charge in [-0.1, -0.05) is 26.0 Å². The third kappa shape index (κ3) is 4.75. The van der Waals surface area contributed by atoms with Crippen LogP contribution in [0.5, 0.6) is 0 Å². The third-order valence-electron chi connectivity index (χ3n) is 3.38. The molecule has 0 aliphatic carbocycles. The minimum absolute atomic E-state index is 0.175. The highest BCUT2D eigenvalue weighted by Gasteiger charge is 2.18. The Bertz CT molecular complexity index is 326. The second kappa shape index (κ2) is 8.22. The summed E-state index contributed by atoms with van der Waals surface area (Å²) in [6, 6.07) is 6.86. The number of rotatable bonds is 8. The Morgan fingerprint density at radius 2 is 1.94 bits per heavy atom. The van der Waals surface area contributed by atoms with Crippen molar-refractivity contribution < 1.29 is 9.13 Å². The summed E-state index contributed by atoms with van der Waals surface area (Å²) in [5.74, 6) is 0.737. The maximum atomic E-state index is 13.0. The van der Waals surface area contributed by atoms with E-state index in [2.05, 4.69) is 19.2 Å². The van der Waals surface area contributed by atoms with Gasteiger partial charge in [0.15, 0.2) is 0 Å². The molecule has 0 fully saturated rings. The van der Waals surface area contributed by atoms with E-state index in [0.29, 0.717) is 11.8 Å². The van der Waals surface area contributed by atoms with Crippen LogP contribution in [0.25, 0.3) is 0 Å². The molecule has 0 saturated carbocycles. The molecule has 2 unspecified atom stereocenters. The molecule has 0 heterocycles. The lowest BCUT2D eigenvalue weighted by atomic mass is 9.85. The molecule has 1 aromatic carbocycles. The highest BCUT2D eigenvalue weighted by Crippen LogP contribution is 2.26. The maximum Gasteiger partial charge on any atom is 0.123 e. The van der Waals surface area contributed by atoms with Crippen LogP contribution >= 0.6 is 0 Å². The van der Waals surface area contributed by atoms with Gasteiger partial charge in [-0.3, -0.25) is 0 Å². The van der Waals surface area contributed by atoms with Gasteiger partial charge in [-0.15, -0.1) is 0 Å². The molecule has 0 aliphatic rings. The summed E-state index contributed by atoms with van der Waals surface area (Å²) >= 11 is 0. The molecular formula is C15H24FNO. The largest absolute Gasteiger partial charge is 0.385 e. The average molecular weight is 253 g/mol. The summed E-state index contributed by atoms with van der Waals surface area (Å²) in [6.07, 6.45) is 1.02. The van der Waals surface area contributed by atoms with E-state index in [0.717, 1.165) is 26.1 Å². The predicted octanol–water partition coefficient (Wildman–Crippen LogP) is 3.19. The molecule has 0 aromatic heterocycles. The normalized spacial score (nSPS) is 14.4. The van der Waals surface area contributed by atoms with Crippen LogP contribution in [0.3, 0.4) is 0 Å². The Morgan fingerprint density at radius 1 is 1.28 bits per heavy atom. The monoisotopic (exact) mass is 253 g/mol. The Hall–Kier alpha value is -0.930. The first kappa shape index (κ1) is 15.1. The summed E-state index contributed by atoms with van der Waals surface area (Å²) in [5.41, 5.74) is 1.20. The molecule has 2 nitrogen and oxygen atoms in total. The average Bonchev–Trinajstić information content (AvgIpc) is 2.38. The van der Waals surface area contributed by atoms with Crippen LogP contribution in [-0.2, 0) is 4.74 Å². The summed E-state index contributed by atoms with van der Waals surface area (Å²) in [5, 5.41) is 3.38. The van der Waals surface area contributed by atoms with Crippen LogP contribution in [-0.4, -0.2) is 26.8 Å². The van der Waals surface area contributed by atoms with Crippen molar-refractivity contribution in [2.75, 3.05) is 26.8 Å². The topological polar surface area (TPSA) is 21.3 Å². The number of likely N-dealkylation sites (N-methyl/N-ethyl adjacent to an activating group) is 1. The van der Waals surface area contributed by atoms with Crippen LogP contribution in [0.4, 0.5) is 4.39 Å². The first-order valence-electron chi connectivity index (χ1n) is 6.64. The number of halogens is 1. The zero-order valence-corrected chi connectivity index (χ0v) is 11.6. The van der Waals surface area contributed by atoms with Gasteiger partial charge in [-0.05, 0) is 42.5 Å². The predicted molar refractivity (Wildman–Crippen MR) is 73.3 cm³/mol. The number of benzene rings is 1. The Kier molecular flexibility index (Phi) is 6.91. The van der Waals surface area contributed by atoms with E-state index in [9.17, 15) is 4.39 Å². The van der Waals surface area contributed by atoms with Crippen LogP contribution in [0.15, 0.2) is 24.3 Å². The summed E-state index contributed by atoms with van der Waals surface area (Å²) < 4.78 is 18.1. The summed E-state index contributed by atoms with van der Waals surface area (Å²) in [4.78, 5) is 0. The number of methoxy groups -OCH3 is 1. The third-order valence-corrected chi connectivity index (χ3v) is 3.38. The number of hydrogen-bond acceptors (Lipinski definition) is 2. The van der Waals surface area contributed by atoms with Gasteiger partial charge in [0.2, 0.25) is 0 Å². The van der Waals surface area contributed by atoms with E-state index in [1.165, 1.54) is 17.7 Å². The number of hydrogen-bond donors (Lipinski definition) is 1. The van der Waals surface area contributed by atoms with Gasteiger partial charge < -0.3 is 10.1 Å². The first-order valence-corrected chi connectivity index (χ1v) is 6.64. The van der Waals surface area contributed by atoms with Crippen molar-refractivity contribution in [2.45, 2.75) is 26.2 Å². The van der Waals surface area contributed by atoms with Gasteiger partial charge >= 0.3 is 0 Å². The molecule has 0 radical (unpaired) electrons. The quantitative estimate of drug-likeness (QED) is 0.768. The molecule has 0 amide bonds. The molecule has 0 bridgehead atoms. The van der Waals surface area contributed by atoms with Gasteiger partial charge in [0.05, 0.1) is 0 Å². The van der Waals surface area contributed by atoms with Crippen LogP contribution in [0.1, 0.15) is 31.7 Å². The number of ether oxygens (including phenoxy) is 1. The van der Waals surface area contributed by atoms with Crippen LogP contribution in [0.2, 0.25) is 0 Å². The highest BCUT2D eigenvalue weighted by atomic mass is 19.1. The zero-order valence-electron chi connectivity index (χ0n) is 11.6. The minimum Gasteiger partial charge on any atom is -0.385 e. The van der Waals surface area contributed by atoms with E-state index < -0.39 is 0 Å². The van der Waals surface area contributed by atoms with E-state index in [1.807, 2.05) is 12.1 Å².